The van der Waals surface area contributed by atoms with Crippen molar-refractivity contribution in [2.75, 3.05) is 10.6 Å². The lowest BCUT2D eigenvalue weighted by atomic mass is 10.1. The van der Waals surface area contributed by atoms with E-state index in [2.05, 4.69) is 38.3 Å². The summed E-state index contributed by atoms with van der Waals surface area (Å²) in [4.78, 5) is 26.6. The van der Waals surface area contributed by atoms with Crippen LogP contribution in [-0.2, 0) is 9.59 Å². The lowest BCUT2D eigenvalue weighted by Crippen LogP contribution is -2.16. The molecular weight excluding hydrogens is 380 g/mol. The SMILES string of the molecule is CC1(C)CC1C(=O)Nc1ccc(Sc2ccc(NC(=O)C3CC3(C)C)cc2)cc1. The molecule has 2 aliphatic rings. The molecule has 2 aliphatic carbocycles. The Bertz CT molecular complexity index is 855. The van der Waals surface area contributed by atoms with Gasteiger partial charge in [-0.1, -0.05) is 39.5 Å². The first-order valence-corrected chi connectivity index (χ1v) is 11.0. The molecule has 2 N–H and O–H groups in total. The first kappa shape index (κ1) is 20.0. The van der Waals surface area contributed by atoms with Crippen LogP contribution in [-0.4, -0.2) is 11.8 Å². The fourth-order valence-electron chi connectivity index (χ4n) is 3.64. The number of carbonyl (C=O) groups excluding carboxylic acids is 2. The number of benzene rings is 2. The molecular formula is C24H28N2O2S. The molecule has 5 heteroatoms. The molecule has 152 valence electrons. The Morgan fingerprint density at radius 2 is 1.03 bits per heavy atom. The molecule has 2 atom stereocenters. The summed E-state index contributed by atoms with van der Waals surface area (Å²) in [6, 6.07) is 15.9. The normalized spacial score (nSPS) is 23.2. The second kappa shape index (κ2) is 7.21. The van der Waals surface area contributed by atoms with Crippen molar-refractivity contribution in [1.82, 2.24) is 0 Å². The van der Waals surface area contributed by atoms with Gasteiger partial charge in [0.15, 0.2) is 0 Å². The van der Waals surface area contributed by atoms with Crippen molar-refractivity contribution in [1.29, 1.82) is 0 Å². The number of carbonyl (C=O) groups is 2. The molecule has 0 heterocycles. The second-order valence-electron chi connectivity index (χ2n) is 9.62. The van der Waals surface area contributed by atoms with E-state index in [9.17, 15) is 9.59 Å². The smallest absolute Gasteiger partial charge is 0.228 e. The number of nitrogens with one attached hydrogen (secondary N) is 2. The minimum Gasteiger partial charge on any atom is -0.326 e. The van der Waals surface area contributed by atoms with Gasteiger partial charge in [0.05, 0.1) is 0 Å². The zero-order valence-corrected chi connectivity index (χ0v) is 18.2. The zero-order chi connectivity index (χ0) is 20.8. The Balaban J connectivity index is 1.30. The number of hydrogen-bond donors (Lipinski definition) is 2. The van der Waals surface area contributed by atoms with Crippen LogP contribution in [0.25, 0.3) is 0 Å². The zero-order valence-electron chi connectivity index (χ0n) is 17.4. The van der Waals surface area contributed by atoms with E-state index >= 15 is 0 Å². The third-order valence-electron chi connectivity index (χ3n) is 6.14. The number of amides is 2. The van der Waals surface area contributed by atoms with Gasteiger partial charge in [0.25, 0.3) is 0 Å². The Morgan fingerprint density at radius 3 is 1.31 bits per heavy atom. The predicted octanol–water partition coefficient (Wildman–Crippen LogP) is 5.81. The number of hydrogen-bond acceptors (Lipinski definition) is 3. The number of rotatable bonds is 6. The van der Waals surface area contributed by atoms with E-state index in [1.165, 1.54) is 0 Å². The topological polar surface area (TPSA) is 58.2 Å². The van der Waals surface area contributed by atoms with Gasteiger partial charge >= 0.3 is 0 Å². The highest BCUT2D eigenvalue weighted by Crippen LogP contribution is 2.52. The Labute approximate surface area is 176 Å². The first-order valence-electron chi connectivity index (χ1n) is 10.1. The fourth-order valence-corrected chi connectivity index (χ4v) is 4.45. The van der Waals surface area contributed by atoms with Crippen molar-refractivity contribution in [3.05, 3.63) is 48.5 Å². The Morgan fingerprint density at radius 1 is 0.724 bits per heavy atom. The van der Waals surface area contributed by atoms with E-state index in [0.29, 0.717) is 0 Å². The average molecular weight is 409 g/mol. The molecule has 4 rings (SSSR count). The van der Waals surface area contributed by atoms with Gasteiger partial charge in [-0.05, 0) is 72.2 Å². The maximum Gasteiger partial charge on any atom is 0.228 e. The largest absolute Gasteiger partial charge is 0.326 e. The molecule has 0 radical (unpaired) electrons. The maximum atomic E-state index is 12.2. The van der Waals surface area contributed by atoms with Gasteiger partial charge < -0.3 is 10.6 Å². The molecule has 0 saturated heterocycles. The molecule has 2 unspecified atom stereocenters. The van der Waals surface area contributed by atoms with Gasteiger partial charge in [0.2, 0.25) is 11.8 Å². The monoisotopic (exact) mass is 408 g/mol. The maximum absolute atomic E-state index is 12.2. The molecule has 2 fully saturated rings. The molecule has 2 amide bonds. The second-order valence-corrected chi connectivity index (χ2v) is 10.8. The first-order chi connectivity index (χ1) is 13.6. The van der Waals surface area contributed by atoms with Gasteiger partial charge in [0.1, 0.15) is 0 Å². The highest BCUT2D eigenvalue weighted by atomic mass is 32.2. The lowest BCUT2D eigenvalue weighted by molar-refractivity contribution is -0.118. The minimum absolute atomic E-state index is 0.114. The van der Waals surface area contributed by atoms with Crippen LogP contribution in [0.4, 0.5) is 11.4 Å². The molecule has 2 saturated carbocycles. The van der Waals surface area contributed by atoms with Gasteiger partial charge in [-0.25, -0.2) is 0 Å². The van der Waals surface area contributed by atoms with Crippen molar-refractivity contribution < 1.29 is 9.59 Å². The van der Waals surface area contributed by atoms with Crippen molar-refractivity contribution in [3.8, 4) is 0 Å². The van der Waals surface area contributed by atoms with E-state index in [0.717, 1.165) is 34.0 Å². The van der Waals surface area contributed by atoms with Crippen molar-refractivity contribution in [2.24, 2.45) is 22.7 Å². The van der Waals surface area contributed by atoms with Gasteiger partial charge in [-0.3, -0.25) is 9.59 Å². The summed E-state index contributed by atoms with van der Waals surface area (Å²) in [7, 11) is 0. The molecule has 2 aromatic carbocycles. The third-order valence-corrected chi connectivity index (χ3v) is 7.15. The Hall–Kier alpha value is -2.27. The van der Waals surface area contributed by atoms with Gasteiger partial charge in [0, 0.05) is 33.0 Å². The van der Waals surface area contributed by atoms with E-state index < -0.39 is 0 Å². The van der Waals surface area contributed by atoms with Crippen LogP contribution >= 0.6 is 11.8 Å². The fraction of sp³-hybridized carbons (Fsp3) is 0.417. The van der Waals surface area contributed by atoms with Crippen LogP contribution in [0.2, 0.25) is 0 Å². The number of anilines is 2. The summed E-state index contributed by atoms with van der Waals surface area (Å²) in [5, 5.41) is 6.02. The quantitative estimate of drug-likeness (QED) is 0.634. The summed E-state index contributed by atoms with van der Waals surface area (Å²) >= 11 is 1.65. The van der Waals surface area contributed by atoms with Crippen LogP contribution in [0.5, 0.6) is 0 Å². The van der Waals surface area contributed by atoms with Crippen molar-refractivity contribution in [3.63, 3.8) is 0 Å². The third kappa shape index (κ3) is 4.67. The van der Waals surface area contributed by atoms with Crippen LogP contribution in [0, 0.1) is 22.7 Å². The van der Waals surface area contributed by atoms with E-state index in [1.54, 1.807) is 11.8 Å². The Kier molecular flexibility index (Phi) is 4.97. The average Bonchev–Trinajstić information content (AvgIpc) is 3.52. The minimum atomic E-state index is 0.114. The van der Waals surface area contributed by atoms with Crippen LogP contribution < -0.4 is 10.6 Å². The molecule has 4 nitrogen and oxygen atoms in total. The molecule has 0 aromatic heterocycles. The van der Waals surface area contributed by atoms with Crippen LogP contribution in [0.1, 0.15) is 40.5 Å². The predicted molar refractivity (Wildman–Crippen MR) is 118 cm³/mol. The highest BCUT2D eigenvalue weighted by molar-refractivity contribution is 7.99. The van der Waals surface area contributed by atoms with Gasteiger partial charge in [-0.2, -0.15) is 0 Å². The van der Waals surface area contributed by atoms with Crippen molar-refractivity contribution >= 4 is 35.0 Å². The lowest BCUT2D eigenvalue weighted by Gasteiger charge is -2.09. The van der Waals surface area contributed by atoms with E-state index in [-0.39, 0.29) is 34.5 Å². The van der Waals surface area contributed by atoms with Crippen LogP contribution in [0.15, 0.2) is 58.3 Å². The van der Waals surface area contributed by atoms with E-state index in [4.69, 9.17) is 0 Å². The highest BCUT2D eigenvalue weighted by Gasteiger charge is 2.51. The summed E-state index contributed by atoms with van der Waals surface area (Å²) in [6.07, 6.45) is 1.92. The molecule has 0 spiro atoms. The summed E-state index contributed by atoms with van der Waals surface area (Å²) in [5.74, 6) is 0.480. The molecule has 0 bridgehead atoms. The standard InChI is InChI=1S/C24H28N2O2S/c1-23(2)13-19(23)21(27)25-15-5-9-17(10-6-15)29-18-11-7-16(8-12-18)26-22(28)20-14-24(20,3)4/h5-12,19-20H,13-14H2,1-4H3,(H,25,27)(H,26,28). The van der Waals surface area contributed by atoms with E-state index in [1.807, 2.05) is 48.5 Å². The van der Waals surface area contributed by atoms with Crippen molar-refractivity contribution in [2.45, 2.75) is 50.3 Å². The molecule has 2 aromatic rings. The molecule has 0 aliphatic heterocycles. The van der Waals surface area contributed by atoms with Gasteiger partial charge in [-0.15, -0.1) is 0 Å². The summed E-state index contributed by atoms with van der Waals surface area (Å²) in [6.45, 7) is 8.50. The molecule has 29 heavy (non-hydrogen) atoms. The summed E-state index contributed by atoms with van der Waals surface area (Å²) < 4.78 is 0. The van der Waals surface area contributed by atoms with Crippen LogP contribution in [0.3, 0.4) is 0 Å². The summed E-state index contributed by atoms with van der Waals surface area (Å²) in [5.41, 5.74) is 1.95.